The standard InChI is InChI=1S/C11H15BrN2O2S/c1-6(15)7(2)17-10-4-3-8(5-9(10)12)11(13)14-16/h3-7,15-16H,1-2H3,(H2,13,14). The van der Waals surface area contributed by atoms with E-state index in [1.54, 1.807) is 30.8 Å². The maximum atomic E-state index is 9.45. The molecule has 1 aromatic carbocycles. The second kappa shape index (κ2) is 6.28. The van der Waals surface area contributed by atoms with Crippen molar-refractivity contribution in [1.82, 2.24) is 0 Å². The summed E-state index contributed by atoms with van der Waals surface area (Å²) in [5, 5.41) is 21.1. The number of nitrogens with two attached hydrogens (primary N) is 1. The molecule has 2 atom stereocenters. The lowest BCUT2D eigenvalue weighted by molar-refractivity contribution is 0.196. The van der Waals surface area contributed by atoms with Gasteiger partial charge in [0.15, 0.2) is 5.84 Å². The molecular weight excluding hydrogens is 304 g/mol. The van der Waals surface area contributed by atoms with Gasteiger partial charge in [-0.15, -0.1) is 11.8 Å². The number of nitrogens with zero attached hydrogens (tertiary/aromatic N) is 1. The summed E-state index contributed by atoms with van der Waals surface area (Å²) in [5.41, 5.74) is 6.14. The van der Waals surface area contributed by atoms with Crippen molar-refractivity contribution in [3.63, 3.8) is 0 Å². The quantitative estimate of drug-likeness (QED) is 0.262. The largest absolute Gasteiger partial charge is 0.409 e. The average Bonchev–Trinajstić information content (AvgIpc) is 2.30. The maximum Gasteiger partial charge on any atom is 0.170 e. The lowest BCUT2D eigenvalue weighted by atomic mass is 10.2. The number of hydrogen-bond donors (Lipinski definition) is 3. The zero-order valence-electron chi connectivity index (χ0n) is 9.59. The van der Waals surface area contributed by atoms with Gasteiger partial charge in [-0.1, -0.05) is 12.1 Å². The molecule has 17 heavy (non-hydrogen) atoms. The van der Waals surface area contributed by atoms with Gasteiger partial charge < -0.3 is 16.0 Å². The number of halogens is 1. The highest BCUT2D eigenvalue weighted by atomic mass is 79.9. The smallest absolute Gasteiger partial charge is 0.170 e. The number of aliphatic hydroxyl groups is 1. The molecule has 0 saturated heterocycles. The third-order valence-corrected chi connectivity index (χ3v) is 4.62. The van der Waals surface area contributed by atoms with Gasteiger partial charge in [0.05, 0.1) is 6.10 Å². The van der Waals surface area contributed by atoms with Crippen LogP contribution >= 0.6 is 27.7 Å². The number of hydrogen-bond acceptors (Lipinski definition) is 4. The first-order valence-corrected chi connectivity index (χ1v) is 6.75. The summed E-state index contributed by atoms with van der Waals surface area (Å²) in [6, 6.07) is 5.43. The fraction of sp³-hybridized carbons (Fsp3) is 0.364. The number of rotatable bonds is 4. The molecule has 0 fully saturated rings. The first-order chi connectivity index (χ1) is 7.95. The fourth-order valence-corrected chi connectivity index (χ4v) is 2.69. The number of oxime groups is 1. The third-order valence-electron chi connectivity index (χ3n) is 2.33. The van der Waals surface area contributed by atoms with Crippen LogP contribution in [-0.2, 0) is 0 Å². The van der Waals surface area contributed by atoms with E-state index in [1.807, 2.05) is 13.0 Å². The minimum atomic E-state index is -0.379. The van der Waals surface area contributed by atoms with Crippen LogP contribution in [0.5, 0.6) is 0 Å². The van der Waals surface area contributed by atoms with E-state index in [0.29, 0.717) is 5.56 Å². The summed E-state index contributed by atoms with van der Waals surface area (Å²) in [6.07, 6.45) is -0.379. The Morgan fingerprint density at radius 2 is 2.12 bits per heavy atom. The second-order valence-corrected chi connectivity index (χ2v) is 5.97. The van der Waals surface area contributed by atoms with Crippen LogP contribution < -0.4 is 5.73 Å². The monoisotopic (exact) mass is 318 g/mol. The lowest BCUT2D eigenvalue weighted by Gasteiger charge is -2.15. The van der Waals surface area contributed by atoms with Crippen molar-refractivity contribution in [2.75, 3.05) is 0 Å². The molecule has 94 valence electrons. The molecule has 0 spiro atoms. The van der Waals surface area contributed by atoms with Crippen molar-refractivity contribution < 1.29 is 10.3 Å². The minimum Gasteiger partial charge on any atom is -0.409 e. The number of aliphatic hydroxyl groups excluding tert-OH is 1. The predicted octanol–water partition coefficient (Wildman–Crippen LogP) is 2.41. The Labute approximate surface area is 113 Å². The zero-order valence-corrected chi connectivity index (χ0v) is 12.0. The van der Waals surface area contributed by atoms with Gasteiger partial charge in [-0.05, 0) is 41.1 Å². The normalized spacial score (nSPS) is 15.6. The van der Waals surface area contributed by atoms with Gasteiger partial charge in [-0.25, -0.2) is 0 Å². The van der Waals surface area contributed by atoms with Crippen LogP contribution in [0.2, 0.25) is 0 Å². The van der Waals surface area contributed by atoms with Crippen molar-refractivity contribution in [2.45, 2.75) is 30.1 Å². The SMILES string of the molecule is CC(O)C(C)Sc1ccc(/C(N)=N/O)cc1Br. The molecule has 0 aliphatic rings. The third kappa shape index (κ3) is 3.90. The molecule has 0 heterocycles. The van der Waals surface area contributed by atoms with Gasteiger partial charge in [-0.2, -0.15) is 0 Å². The van der Waals surface area contributed by atoms with Gasteiger partial charge in [0.1, 0.15) is 0 Å². The van der Waals surface area contributed by atoms with Crippen LogP contribution in [0.1, 0.15) is 19.4 Å². The Balaban J connectivity index is 2.91. The molecule has 4 N–H and O–H groups in total. The molecule has 0 aliphatic heterocycles. The van der Waals surface area contributed by atoms with Gasteiger partial charge in [0, 0.05) is 20.2 Å². The van der Waals surface area contributed by atoms with Crippen LogP contribution in [-0.4, -0.2) is 27.5 Å². The Kier molecular flexibility index (Phi) is 5.30. The van der Waals surface area contributed by atoms with Gasteiger partial charge in [0.25, 0.3) is 0 Å². The zero-order chi connectivity index (χ0) is 13.0. The molecule has 0 radical (unpaired) electrons. The predicted molar refractivity (Wildman–Crippen MR) is 73.7 cm³/mol. The molecule has 0 amide bonds. The maximum absolute atomic E-state index is 9.45. The van der Waals surface area contributed by atoms with Crippen molar-refractivity contribution in [2.24, 2.45) is 10.9 Å². The minimum absolute atomic E-state index is 0.0748. The summed E-state index contributed by atoms with van der Waals surface area (Å²) in [4.78, 5) is 1.01. The summed E-state index contributed by atoms with van der Waals surface area (Å²) in [5.74, 6) is 0.0748. The highest BCUT2D eigenvalue weighted by molar-refractivity contribution is 9.10. The van der Waals surface area contributed by atoms with E-state index in [0.717, 1.165) is 9.37 Å². The summed E-state index contributed by atoms with van der Waals surface area (Å²) in [7, 11) is 0. The van der Waals surface area contributed by atoms with Crippen LogP contribution in [0.15, 0.2) is 32.7 Å². The molecule has 2 unspecified atom stereocenters. The van der Waals surface area contributed by atoms with Crippen molar-refractivity contribution in [1.29, 1.82) is 0 Å². The van der Waals surface area contributed by atoms with Crippen LogP contribution in [0.3, 0.4) is 0 Å². The highest BCUT2D eigenvalue weighted by Gasteiger charge is 2.13. The molecule has 0 aliphatic carbocycles. The Morgan fingerprint density at radius 1 is 1.47 bits per heavy atom. The van der Waals surface area contributed by atoms with Crippen molar-refractivity contribution in [3.05, 3.63) is 28.2 Å². The van der Waals surface area contributed by atoms with Crippen LogP contribution in [0.4, 0.5) is 0 Å². The van der Waals surface area contributed by atoms with E-state index in [-0.39, 0.29) is 17.2 Å². The van der Waals surface area contributed by atoms with E-state index in [2.05, 4.69) is 21.1 Å². The topological polar surface area (TPSA) is 78.8 Å². The molecule has 4 nitrogen and oxygen atoms in total. The van der Waals surface area contributed by atoms with Gasteiger partial charge in [0.2, 0.25) is 0 Å². The summed E-state index contributed by atoms with van der Waals surface area (Å²) >= 11 is 4.99. The first kappa shape index (κ1) is 14.3. The molecule has 0 bridgehead atoms. The Morgan fingerprint density at radius 3 is 2.59 bits per heavy atom. The van der Waals surface area contributed by atoms with Crippen LogP contribution in [0, 0.1) is 0 Å². The Bertz CT molecular complexity index is 424. The van der Waals surface area contributed by atoms with Gasteiger partial charge >= 0.3 is 0 Å². The fourth-order valence-electron chi connectivity index (χ4n) is 1.11. The van der Waals surface area contributed by atoms with E-state index in [4.69, 9.17) is 10.9 Å². The Hall–Kier alpha value is -0.720. The van der Waals surface area contributed by atoms with Crippen molar-refractivity contribution >= 4 is 33.5 Å². The van der Waals surface area contributed by atoms with E-state index >= 15 is 0 Å². The number of benzene rings is 1. The molecule has 1 rings (SSSR count). The molecular formula is C11H15BrN2O2S. The summed E-state index contributed by atoms with van der Waals surface area (Å²) in [6.45, 7) is 3.72. The summed E-state index contributed by atoms with van der Waals surface area (Å²) < 4.78 is 0.860. The number of thioether (sulfide) groups is 1. The van der Waals surface area contributed by atoms with E-state index in [1.165, 1.54) is 0 Å². The molecule has 6 heteroatoms. The van der Waals surface area contributed by atoms with Crippen LogP contribution in [0.25, 0.3) is 0 Å². The number of amidine groups is 1. The lowest BCUT2D eigenvalue weighted by Crippen LogP contribution is -2.15. The highest BCUT2D eigenvalue weighted by Crippen LogP contribution is 2.32. The average molecular weight is 319 g/mol. The van der Waals surface area contributed by atoms with E-state index in [9.17, 15) is 5.11 Å². The van der Waals surface area contributed by atoms with E-state index < -0.39 is 0 Å². The molecule has 1 aromatic rings. The molecule has 0 saturated carbocycles. The second-order valence-electron chi connectivity index (χ2n) is 3.69. The van der Waals surface area contributed by atoms with Gasteiger partial charge in [-0.3, -0.25) is 0 Å². The first-order valence-electron chi connectivity index (χ1n) is 5.08. The molecule has 0 aromatic heterocycles. The van der Waals surface area contributed by atoms with Crippen molar-refractivity contribution in [3.8, 4) is 0 Å².